The molecule has 3 aromatic rings. The molecule has 0 spiro atoms. The van der Waals surface area contributed by atoms with Crippen LogP contribution < -0.4 is 4.74 Å². The molecule has 194 valence electrons. The maximum Gasteiger partial charge on any atom is 0.253 e. The number of amides is 2. The predicted molar refractivity (Wildman–Crippen MR) is 144 cm³/mol. The monoisotopic (exact) mass is 500 g/mol. The fourth-order valence-electron chi connectivity index (χ4n) is 6.76. The number of nitrogens with zero attached hydrogens (tertiary/aromatic N) is 4. The molecule has 6 rings (SSSR count). The number of methoxy groups -OCH3 is 1. The molecule has 2 unspecified atom stereocenters. The number of benzene rings is 2. The summed E-state index contributed by atoms with van der Waals surface area (Å²) in [7, 11) is 5.85. The van der Waals surface area contributed by atoms with Gasteiger partial charge in [0.2, 0.25) is 5.91 Å². The molecule has 2 amide bonds. The zero-order valence-corrected chi connectivity index (χ0v) is 22.3. The first-order valence-corrected chi connectivity index (χ1v) is 13.3. The van der Waals surface area contributed by atoms with E-state index in [1.54, 1.807) is 7.11 Å². The predicted octanol–water partition coefficient (Wildman–Crippen LogP) is 3.87. The molecule has 0 bridgehead atoms. The largest absolute Gasteiger partial charge is 0.497 e. The molecular formula is C30H36N4O3. The van der Waals surface area contributed by atoms with E-state index in [2.05, 4.69) is 59.7 Å². The van der Waals surface area contributed by atoms with Crippen molar-refractivity contribution in [2.75, 3.05) is 40.8 Å². The minimum absolute atomic E-state index is 0.108. The van der Waals surface area contributed by atoms with E-state index in [1.165, 1.54) is 16.6 Å². The second kappa shape index (κ2) is 8.91. The van der Waals surface area contributed by atoms with Crippen LogP contribution in [0.3, 0.4) is 0 Å². The van der Waals surface area contributed by atoms with E-state index in [0.717, 1.165) is 61.3 Å². The van der Waals surface area contributed by atoms with Crippen molar-refractivity contribution in [3.8, 4) is 5.75 Å². The van der Waals surface area contributed by atoms with Crippen LogP contribution in [0.2, 0.25) is 0 Å². The van der Waals surface area contributed by atoms with Gasteiger partial charge in [-0.1, -0.05) is 12.1 Å². The quantitative estimate of drug-likeness (QED) is 0.534. The van der Waals surface area contributed by atoms with E-state index in [0.29, 0.717) is 19.0 Å². The van der Waals surface area contributed by atoms with Crippen molar-refractivity contribution >= 4 is 22.7 Å². The van der Waals surface area contributed by atoms with Crippen LogP contribution in [0.25, 0.3) is 10.9 Å². The Labute approximate surface area is 218 Å². The summed E-state index contributed by atoms with van der Waals surface area (Å²) in [6, 6.07) is 14.8. The van der Waals surface area contributed by atoms with Crippen LogP contribution in [0.15, 0.2) is 42.5 Å². The Morgan fingerprint density at radius 2 is 1.89 bits per heavy atom. The average molecular weight is 501 g/mol. The van der Waals surface area contributed by atoms with Crippen LogP contribution in [-0.2, 0) is 23.3 Å². The normalized spacial score (nSPS) is 23.2. The summed E-state index contributed by atoms with van der Waals surface area (Å²) in [5.74, 6) is 1.19. The van der Waals surface area contributed by atoms with Crippen molar-refractivity contribution in [2.24, 2.45) is 0 Å². The van der Waals surface area contributed by atoms with Crippen LogP contribution in [-0.4, -0.2) is 78.0 Å². The molecule has 2 atom stereocenters. The lowest BCUT2D eigenvalue weighted by molar-refractivity contribution is -0.131. The minimum atomic E-state index is -0.300. The Balaban J connectivity index is 1.35. The van der Waals surface area contributed by atoms with Crippen molar-refractivity contribution in [2.45, 2.75) is 50.7 Å². The summed E-state index contributed by atoms with van der Waals surface area (Å²) in [5, 5.41) is 1.24. The Morgan fingerprint density at radius 3 is 2.59 bits per heavy atom. The van der Waals surface area contributed by atoms with Gasteiger partial charge in [-0.15, -0.1) is 0 Å². The molecule has 2 fully saturated rings. The highest BCUT2D eigenvalue weighted by molar-refractivity contribution is 5.94. The molecule has 0 N–H and O–H groups in total. The molecule has 0 aliphatic carbocycles. The third-order valence-corrected chi connectivity index (χ3v) is 8.92. The van der Waals surface area contributed by atoms with Gasteiger partial charge in [0.25, 0.3) is 5.91 Å². The SMILES string of the molecule is COc1ccc2c3c(n(Cc4ccc(C(=O)N5CCC(N(C)C)C5)cc4)c2c1)C1(C)CCC(=O)N1CC3. The number of carbonyl (C=O) groups excluding carboxylic acids is 2. The minimum Gasteiger partial charge on any atom is -0.497 e. The lowest BCUT2D eigenvalue weighted by atomic mass is 9.86. The smallest absolute Gasteiger partial charge is 0.253 e. The molecule has 7 nitrogen and oxygen atoms in total. The maximum absolute atomic E-state index is 13.1. The zero-order valence-electron chi connectivity index (χ0n) is 22.3. The standard InChI is InChI=1S/C30H36N4O3/c1-30-14-11-27(35)34(30)16-13-25-24-10-9-23(37-4)17-26(24)33(28(25)30)18-20-5-7-21(8-6-20)29(36)32-15-12-22(19-32)31(2)3/h5-10,17,22H,11-16,18-19H2,1-4H3. The third-order valence-electron chi connectivity index (χ3n) is 8.92. The molecular weight excluding hydrogens is 464 g/mol. The topological polar surface area (TPSA) is 58.0 Å². The number of carbonyl (C=O) groups is 2. The highest BCUT2D eigenvalue weighted by Gasteiger charge is 2.48. The number of fused-ring (bicyclic) bond motifs is 5. The summed E-state index contributed by atoms with van der Waals surface area (Å²) in [6.07, 6.45) is 3.32. The number of hydrogen-bond donors (Lipinski definition) is 0. The fourth-order valence-corrected chi connectivity index (χ4v) is 6.76. The van der Waals surface area contributed by atoms with Crippen molar-refractivity contribution in [3.05, 3.63) is 64.8 Å². The summed E-state index contributed by atoms with van der Waals surface area (Å²) >= 11 is 0. The molecule has 0 saturated carbocycles. The van der Waals surface area contributed by atoms with Crippen molar-refractivity contribution in [1.82, 2.24) is 19.3 Å². The van der Waals surface area contributed by atoms with Crippen LogP contribution in [0, 0.1) is 0 Å². The number of rotatable bonds is 5. The number of likely N-dealkylation sites (N-methyl/N-ethyl adjacent to an activating group) is 1. The summed E-state index contributed by atoms with van der Waals surface area (Å²) in [4.78, 5) is 32.1. The van der Waals surface area contributed by atoms with E-state index in [1.807, 2.05) is 23.1 Å². The van der Waals surface area contributed by atoms with E-state index in [4.69, 9.17) is 4.74 Å². The molecule has 2 saturated heterocycles. The van der Waals surface area contributed by atoms with Gasteiger partial charge in [0.1, 0.15) is 5.75 Å². The molecule has 0 radical (unpaired) electrons. The van der Waals surface area contributed by atoms with Gasteiger partial charge in [0, 0.05) is 61.4 Å². The van der Waals surface area contributed by atoms with Gasteiger partial charge in [-0.05, 0) is 75.7 Å². The summed E-state index contributed by atoms with van der Waals surface area (Å²) in [5.41, 5.74) is 5.31. The van der Waals surface area contributed by atoms with Crippen LogP contribution in [0.5, 0.6) is 5.75 Å². The van der Waals surface area contributed by atoms with Gasteiger partial charge >= 0.3 is 0 Å². The Kier molecular flexibility index (Phi) is 5.79. The van der Waals surface area contributed by atoms with Crippen molar-refractivity contribution < 1.29 is 14.3 Å². The first kappa shape index (κ1) is 24.0. The maximum atomic E-state index is 13.1. The fraction of sp³-hybridized carbons (Fsp3) is 0.467. The lowest BCUT2D eigenvalue weighted by Crippen LogP contribution is -2.47. The lowest BCUT2D eigenvalue weighted by Gasteiger charge is -2.41. The molecule has 3 aliphatic heterocycles. The number of hydrogen-bond acceptors (Lipinski definition) is 4. The van der Waals surface area contributed by atoms with Gasteiger partial charge in [-0.3, -0.25) is 9.59 Å². The molecule has 4 heterocycles. The molecule has 37 heavy (non-hydrogen) atoms. The van der Waals surface area contributed by atoms with E-state index >= 15 is 0 Å². The van der Waals surface area contributed by atoms with E-state index in [-0.39, 0.29) is 17.4 Å². The van der Waals surface area contributed by atoms with Crippen molar-refractivity contribution in [1.29, 1.82) is 0 Å². The number of ether oxygens (including phenoxy) is 1. The van der Waals surface area contributed by atoms with E-state index in [9.17, 15) is 9.59 Å². The summed E-state index contributed by atoms with van der Waals surface area (Å²) < 4.78 is 7.96. The van der Waals surface area contributed by atoms with E-state index < -0.39 is 0 Å². The van der Waals surface area contributed by atoms with Gasteiger partial charge in [-0.25, -0.2) is 0 Å². The number of likely N-dealkylation sites (tertiary alicyclic amines) is 1. The van der Waals surface area contributed by atoms with Gasteiger partial charge in [-0.2, -0.15) is 0 Å². The molecule has 1 aromatic heterocycles. The first-order chi connectivity index (χ1) is 17.8. The van der Waals surface area contributed by atoms with Gasteiger partial charge in [0.15, 0.2) is 0 Å². The van der Waals surface area contributed by atoms with Crippen LogP contribution >= 0.6 is 0 Å². The zero-order chi connectivity index (χ0) is 25.9. The molecule has 3 aliphatic rings. The Morgan fingerprint density at radius 1 is 1.11 bits per heavy atom. The highest BCUT2D eigenvalue weighted by atomic mass is 16.5. The van der Waals surface area contributed by atoms with Crippen molar-refractivity contribution in [3.63, 3.8) is 0 Å². The Bertz CT molecular complexity index is 1380. The average Bonchev–Trinajstić information content (AvgIpc) is 3.60. The third kappa shape index (κ3) is 3.82. The van der Waals surface area contributed by atoms with Crippen LogP contribution in [0.1, 0.15) is 53.4 Å². The Hall–Kier alpha value is -3.32. The number of aromatic nitrogens is 1. The second-order valence-corrected chi connectivity index (χ2v) is 11.2. The van der Waals surface area contributed by atoms with Crippen LogP contribution in [0.4, 0.5) is 0 Å². The van der Waals surface area contributed by atoms with Gasteiger partial charge in [0.05, 0.1) is 18.2 Å². The van der Waals surface area contributed by atoms with Gasteiger partial charge < -0.3 is 24.0 Å². The highest BCUT2D eigenvalue weighted by Crippen LogP contribution is 2.47. The first-order valence-electron chi connectivity index (χ1n) is 13.3. The molecule has 2 aromatic carbocycles. The molecule has 7 heteroatoms. The second-order valence-electron chi connectivity index (χ2n) is 11.2. The summed E-state index contributed by atoms with van der Waals surface area (Å²) in [6.45, 7) is 5.26.